The molecule has 0 fully saturated rings. The zero-order valence-corrected chi connectivity index (χ0v) is 9.54. The molecular formula is C13H8FNOS. The summed E-state index contributed by atoms with van der Waals surface area (Å²) in [5.41, 5.74) is 1.72. The molecule has 0 radical (unpaired) electrons. The Hall–Kier alpha value is -1.94. The molecule has 0 unspecified atom stereocenters. The van der Waals surface area contributed by atoms with Crippen LogP contribution in [0.25, 0.3) is 20.8 Å². The quantitative estimate of drug-likeness (QED) is 0.706. The molecule has 2 aromatic carbocycles. The van der Waals surface area contributed by atoms with Gasteiger partial charge in [0.2, 0.25) is 0 Å². The van der Waals surface area contributed by atoms with E-state index in [2.05, 4.69) is 4.98 Å². The number of benzene rings is 2. The molecule has 3 aromatic rings. The number of hydrogen-bond donors (Lipinski definition) is 1. The molecule has 17 heavy (non-hydrogen) atoms. The molecule has 3 rings (SSSR count). The summed E-state index contributed by atoms with van der Waals surface area (Å²) in [4.78, 5) is 4.44. The van der Waals surface area contributed by atoms with E-state index < -0.39 is 0 Å². The summed E-state index contributed by atoms with van der Waals surface area (Å²) in [5, 5.41) is 10.2. The number of hydrogen-bond acceptors (Lipinski definition) is 3. The summed E-state index contributed by atoms with van der Waals surface area (Å²) in [5.74, 6) is -0.0284. The predicted molar refractivity (Wildman–Crippen MR) is 66.7 cm³/mol. The summed E-state index contributed by atoms with van der Waals surface area (Å²) in [7, 11) is 0. The lowest BCUT2D eigenvalue weighted by Gasteiger charge is -1.94. The average Bonchev–Trinajstić information content (AvgIpc) is 2.72. The molecule has 0 aliphatic heterocycles. The van der Waals surface area contributed by atoms with Gasteiger partial charge < -0.3 is 5.11 Å². The largest absolute Gasteiger partial charge is 0.508 e. The van der Waals surface area contributed by atoms with Crippen LogP contribution in [0.4, 0.5) is 4.39 Å². The van der Waals surface area contributed by atoms with Gasteiger partial charge in [0.25, 0.3) is 0 Å². The van der Waals surface area contributed by atoms with Crippen LogP contribution >= 0.6 is 11.3 Å². The van der Waals surface area contributed by atoms with Crippen LogP contribution in [0, 0.1) is 5.82 Å². The summed E-state index contributed by atoms with van der Waals surface area (Å²) in [6.45, 7) is 0. The molecule has 1 aromatic heterocycles. The van der Waals surface area contributed by atoms with E-state index in [-0.39, 0.29) is 11.6 Å². The number of thiazole rings is 1. The van der Waals surface area contributed by atoms with E-state index in [0.717, 1.165) is 20.8 Å². The van der Waals surface area contributed by atoms with Crippen molar-refractivity contribution in [3.8, 4) is 16.3 Å². The maximum absolute atomic E-state index is 12.8. The van der Waals surface area contributed by atoms with Gasteiger partial charge in [-0.25, -0.2) is 9.37 Å². The van der Waals surface area contributed by atoms with E-state index in [4.69, 9.17) is 0 Å². The molecular weight excluding hydrogens is 236 g/mol. The highest BCUT2D eigenvalue weighted by atomic mass is 32.1. The van der Waals surface area contributed by atoms with Gasteiger partial charge in [-0.2, -0.15) is 0 Å². The number of aromatic hydroxyl groups is 1. The second kappa shape index (κ2) is 3.82. The molecule has 0 bridgehead atoms. The molecule has 0 aliphatic carbocycles. The fourth-order valence-corrected chi connectivity index (χ4v) is 2.63. The van der Waals surface area contributed by atoms with E-state index in [9.17, 15) is 9.50 Å². The number of fused-ring (bicyclic) bond motifs is 1. The Labute approximate surface area is 101 Å². The Kier molecular flexibility index (Phi) is 2.30. The number of nitrogens with zero attached hydrogens (tertiary/aromatic N) is 1. The van der Waals surface area contributed by atoms with Crippen molar-refractivity contribution in [2.24, 2.45) is 0 Å². The Morgan fingerprint density at radius 3 is 2.59 bits per heavy atom. The van der Waals surface area contributed by atoms with Crippen LogP contribution in [0.3, 0.4) is 0 Å². The molecule has 0 amide bonds. The lowest BCUT2D eigenvalue weighted by Crippen LogP contribution is -1.76. The third-order valence-electron chi connectivity index (χ3n) is 2.46. The van der Waals surface area contributed by atoms with Crippen molar-refractivity contribution in [2.45, 2.75) is 0 Å². The fourth-order valence-electron chi connectivity index (χ4n) is 1.63. The zero-order valence-electron chi connectivity index (χ0n) is 8.72. The highest BCUT2D eigenvalue weighted by Crippen LogP contribution is 2.31. The minimum Gasteiger partial charge on any atom is -0.508 e. The minimum absolute atomic E-state index is 0.229. The van der Waals surface area contributed by atoms with E-state index in [0.29, 0.717) is 0 Å². The van der Waals surface area contributed by atoms with Crippen LogP contribution in [0.15, 0.2) is 42.5 Å². The smallest absolute Gasteiger partial charge is 0.124 e. The van der Waals surface area contributed by atoms with Gasteiger partial charge in [0.1, 0.15) is 16.6 Å². The van der Waals surface area contributed by atoms with Gasteiger partial charge in [0.15, 0.2) is 0 Å². The van der Waals surface area contributed by atoms with Crippen LogP contribution in [-0.4, -0.2) is 10.1 Å². The molecule has 0 atom stereocenters. The van der Waals surface area contributed by atoms with Crippen LogP contribution in [-0.2, 0) is 0 Å². The average molecular weight is 244 g/mol. The minimum atomic E-state index is -0.257. The summed E-state index contributed by atoms with van der Waals surface area (Å²) >= 11 is 1.48. The maximum atomic E-state index is 12.8. The van der Waals surface area contributed by atoms with Crippen molar-refractivity contribution >= 4 is 21.6 Å². The summed E-state index contributed by atoms with van der Waals surface area (Å²) in [6, 6.07) is 11.3. The highest BCUT2D eigenvalue weighted by Gasteiger charge is 2.06. The molecule has 4 heteroatoms. The van der Waals surface area contributed by atoms with Gasteiger partial charge in [0, 0.05) is 5.56 Å². The number of aromatic nitrogens is 1. The molecule has 0 spiro atoms. The standard InChI is InChI=1S/C13H8FNOS/c14-9-3-1-8(2-4-9)13-15-11-6-5-10(16)7-12(11)17-13/h1-7,16H/i14-1. The summed E-state index contributed by atoms with van der Waals surface area (Å²) in [6.07, 6.45) is 0. The molecule has 1 N–H and O–H groups in total. The normalized spacial score (nSPS) is 10.9. The molecule has 1 heterocycles. The molecule has 2 nitrogen and oxygen atoms in total. The van der Waals surface area contributed by atoms with Crippen LogP contribution < -0.4 is 0 Å². The van der Waals surface area contributed by atoms with Gasteiger partial charge in [0.05, 0.1) is 10.2 Å². The maximum Gasteiger partial charge on any atom is 0.124 e. The number of halogens is 1. The van der Waals surface area contributed by atoms with Crippen LogP contribution in [0.5, 0.6) is 5.75 Å². The van der Waals surface area contributed by atoms with E-state index in [1.54, 1.807) is 30.3 Å². The first-order valence-corrected chi connectivity index (χ1v) is 5.89. The van der Waals surface area contributed by atoms with Crippen molar-refractivity contribution in [1.29, 1.82) is 0 Å². The highest BCUT2D eigenvalue weighted by molar-refractivity contribution is 7.21. The Bertz CT molecular complexity index is 675. The van der Waals surface area contributed by atoms with Crippen LogP contribution in [0.1, 0.15) is 0 Å². The molecule has 84 valence electrons. The third kappa shape index (κ3) is 1.87. The first-order valence-electron chi connectivity index (χ1n) is 5.08. The second-order valence-corrected chi connectivity index (χ2v) is 4.71. The van der Waals surface area contributed by atoms with Crippen molar-refractivity contribution in [3.63, 3.8) is 0 Å². The Morgan fingerprint density at radius 1 is 1.06 bits per heavy atom. The monoisotopic (exact) mass is 244 g/mol. The van der Waals surface area contributed by atoms with Gasteiger partial charge in [-0.1, -0.05) is 0 Å². The fraction of sp³-hybridized carbons (Fsp3) is 0. The molecule has 0 saturated carbocycles. The van der Waals surface area contributed by atoms with Gasteiger partial charge in [-0.3, -0.25) is 0 Å². The third-order valence-corrected chi connectivity index (χ3v) is 3.53. The van der Waals surface area contributed by atoms with E-state index in [1.165, 1.54) is 23.5 Å². The predicted octanol–water partition coefficient (Wildman–Crippen LogP) is 3.81. The van der Waals surface area contributed by atoms with Crippen LogP contribution in [0.2, 0.25) is 0 Å². The number of phenols is 1. The topological polar surface area (TPSA) is 33.1 Å². The number of rotatable bonds is 1. The molecule has 0 aliphatic rings. The first-order chi connectivity index (χ1) is 8.22. The first kappa shape index (κ1) is 10.2. The van der Waals surface area contributed by atoms with E-state index >= 15 is 0 Å². The van der Waals surface area contributed by atoms with Gasteiger partial charge >= 0.3 is 0 Å². The van der Waals surface area contributed by atoms with E-state index in [1.807, 2.05) is 0 Å². The lowest BCUT2D eigenvalue weighted by atomic mass is 10.2. The van der Waals surface area contributed by atoms with Crippen molar-refractivity contribution in [1.82, 2.24) is 4.98 Å². The van der Waals surface area contributed by atoms with Gasteiger partial charge in [-0.05, 0) is 42.5 Å². The SMILES string of the molecule is Oc1ccc2nc(-c3ccc([18F])cc3)sc2c1. The Balaban J connectivity index is 2.14. The molecule has 0 saturated heterocycles. The van der Waals surface area contributed by atoms with Crippen molar-refractivity contribution in [2.75, 3.05) is 0 Å². The Morgan fingerprint density at radius 2 is 1.82 bits per heavy atom. The zero-order chi connectivity index (χ0) is 11.8. The van der Waals surface area contributed by atoms with Gasteiger partial charge in [-0.15, -0.1) is 11.3 Å². The number of phenolic OH excluding ortho intramolecular Hbond substituents is 1. The summed E-state index contributed by atoms with van der Waals surface area (Å²) < 4.78 is 13.7. The lowest BCUT2D eigenvalue weighted by molar-refractivity contribution is 0.476. The second-order valence-electron chi connectivity index (χ2n) is 3.68. The van der Waals surface area contributed by atoms with Crippen molar-refractivity contribution < 1.29 is 9.50 Å². The van der Waals surface area contributed by atoms with Crippen molar-refractivity contribution in [3.05, 3.63) is 48.3 Å².